The SMILES string of the molecule is CCCC[Si](CCCC)(CCCC)n1nnc2ccccc21. The molecule has 122 valence electrons. The Morgan fingerprint density at radius 3 is 1.95 bits per heavy atom. The first kappa shape index (κ1) is 17.2. The largest absolute Gasteiger partial charge is 0.274 e. The number of fused-ring (bicyclic) bond motifs is 1. The fraction of sp³-hybridized carbons (Fsp3) is 0.667. The van der Waals surface area contributed by atoms with E-state index in [9.17, 15) is 0 Å². The molecule has 0 bridgehead atoms. The molecule has 0 atom stereocenters. The Bertz CT molecular complexity index is 542. The van der Waals surface area contributed by atoms with E-state index in [0.29, 0.717) is 0 Å². The van der Waals surface area contributed by atoms with Gasteiger partial charge >= 0.3 is 0 Å². The van der Waals surface area contributed by atoms with Crippen molar-refractivity contribution in [3.63, 3.8) is 0 Å². The monoisotopic (exact) mass is 317 g/mol. The second-order valence-corrected chi connectivity index (χ2v) is 10.9. The summed E-state index contributed by atoms with van der Waals surface area (Å²) in [6.07, 6.45) is 7.81. The maximum Gasteiger partial charge on any atom is 0.188 e. The Balaban J connectivity index is 2.42. The molecule has 0 fully saturated rings. The molecule has 0 aliphatic rings. The molecular weight excluding hydrogens is 286 g/mol. The van der Waals surface area contributed by atoms with Gasteiger partial charge in [0, 0.05) is 0 Å². The number of hydrogen-bond acceptors (Lipinski definition) is 2. The third-order valence-electron chi connectivity index (χ3n) is 4.79. The Hall–Kier alpha value is -1.16. The summed E-state index contributed by atoms with van der Waals surface area (Å²) >= 11 is 0. The molecule has 0 amide bonds. The van der Waals surface area contributed by atoms with E-state index in [0.717, 1.165) is 5.52 Å². The van der Waals surface area contributed by atoms with Gasteiger partial charge in [-0.05, 0) is 30.3 Å². The van der Waals surface area contributed by atoms with E-state index in [4.69, 9.17) is 0 Å². The van der Waals surface area contributed by atoms with Gasteiger partial charge in [0.25, 0.3) is 0 Å². The first-order chi connectivity index (χ1) is 10.8. The fourth-order valence-electron chi connectivity index (χ4n) is 3.43. The topological polar surface area (TPSA) is 30.7 Å². The summed E-state index contributed by atoms with van der Waals surface area (Å²) in [5, 5.41) is 9.11. The smallest absolute Gasteiger partial charge is 0.188 e. The number of para-hydroxylation sites is 1. The maximum atomic E-state index is 4.65. The number of hydrogen-bond donors (Lipinski definition) is 0. The van der Waals surface area contributed by atoms with Gasteiger partial charge in [0.2, 0.25) is 0 Å². The van der Waals surface area contributed by atoms with Gasteiger partial charge in [-0.15, -0.1) is 5.10 Å². The molecule has 0 unspecified atom stereocenters. The molecule has 1 aromatic carbocycles. The van der Waals surface area contributed by atoms with Crippen molar-refractivity contribution in [2.24, 2.45) is 0 Å². The molecule has 2 rings (SSSR count). The standard InChI is InChI=1S/C18H31N3Si/c1-4-7-14-22(15-8-5-2,16-9-6-3)21-18-13-11-10-12-17(18)19-20-21/h10-13H,4-9,14-16H2,1-3H3. The van der Waals surface area contributed by atoms with E-state index in [2.05, 4.69) is 59.7 Å². The summed E-state index contributed by atoms with van der Waals surface area (Å²) in [6.45, 7) is 6.91. The van der Waals surface area contributed by atoms with Crippen LogP contribution in [0.4, 0.5) is 0 Å². The summed E-state index contributed by atoms with van der Waals surface area (Å²) in [5.41, 5.74) is 2.32. The molecule has 0 aliphatic carbocycles. The van der Waals surface area contributed by atoms with Crippen molar-refractivity contribution in [3.8, 4) is 0 Å². The van der Waals surface area contributed by atoms with Crippen molar-refractivity contribution >= 4 is 19.3 Å². The third kappa shape index (κ3) is 3.78. The lowest BCUT2D eigenvalue weighted by molar-refractivity contribution is 0.735. The minimum atomic E-state index is -1.60. The zero-order valence-electron chi connectivity index (χ0n) is 14.5. The maximum absolute atomic E-state index is 4.65. The molecule has 0 N–H and O–H groups in total. The molecule has 3 nitrogen and oxygen atoms in total. The molecule has 2 aromatic rings. The highest BCUT2D eigenvalue weighted by molar-refractivity contribution is 6.78. The van der Waals surface area contributed by atoms with Gasteiger partial charge in [-0.25, -0.2) is 0 Å². The van der Waals surface area contributed by atoms with E-state index >= 15 is 0 Å². The van der Waals surface area contributed by atoms with Crippen molar-refractivity contribution in [2.45, 2.75) is 77.4 Å². The van der Waals surface area contributed by atoms with Crippen molar-refractivity contribution in [3.05, 3.63) is 24.3 Å². The minimum Gasteiger partial charge on any atom is -0.274 e. The summed E-state index contributed by atoms with van der Waals surface area (Å²) in [7, 11) is -1.60. The molecule has 1 heterocycles. The number of aromatic nitrogens is 3. The van der Waals surface area contributed by atoms with Gasteiger partial charge in [0.1, 0.15) is 5.52 Å². The van der Waals surface area contributed by atoms with Crippen LogP contribution in [0.2, 0.25) is 18.1 Å². The zero-order valence-corrected chi connectivity index (χ0v) is 15.5. The molecule has 0 aliphatic heterocycles. The summed E-state index contributed by atoms with van der Waals surface area (Å²) < 4.78 is 2.41. The van der Waals surface area contributed by atoms with Gasteiger partial charge < -0.3 is 0 Å². The molecule has 4 heteroatoms. The predicted molar refractivity (Wildman–Crippen MR) is 97.8 cm³/mol. The van der Waals surface area contributed by atoms with Crippen LogP contribution in [-0.4, -0.2) is 22.9 Å². The fourth-order valence-corrected chi connectivity index (χ4v) is 8.78. The predicted octanol–water partition coefficient (Wildman–Crippen LogP) is 5.63. The van der Waals surface area contributed by atoms with Gasteiger partial charge in [-0.2, -0.15) is 0 Å². The lowest BCUT2D eigenvalue weighted by Crippen LogP contribution is -2.44. The average Bonchev–Trinajstić information content (AvgIpc) is 2.99. The molecule has 0 spiro atoms. The highest BCUT2D eigenvalue weighted by Gasteiger charge is 2.36. The minimum absolute atomic E-state index is 1.06. The Kier molecular flexibility index (Phi) is 6.62. The van der Waals surface area contributed by atoms with Gasteiger partial charge in [-0.1, -0.05) is 76.6 Å². The van der Waals surface area contributed by atoms with E-state index in [-0.39, 0.29) is 0 Å². The van der Waals surface area contributed by atoms with Crippen LogP contribution in [-0.2, 0) is 0 Å². The highest BCUT2D eigenvalue weighted by atomic mass is 28.3. The van der Waals surface area contributed by atoms with Crippen LogP contribution in [0.5, 0.6) is 0 Å². The van der Waals surface area contributed by atoms with Crippen LogP contribution in [0, 0.1) is 0 Å². The zero-order chi connectivity index (χ0) is 15.8. The molecule has 22 heavy (non-hydrogen) atoms. The van der Waals surface area contributed by atoms with Crippen LogP contribution < -0.4 is 0 Å². The number of rotatable bonds is 10. The van der Waals surface area contributed by atoms with Crippen molar-refractivity contribution in [1.82, 2.24) is 14.7 Å². The first-order valence-corrected chi connectivity index (χ1v) is 11.6. The van der Waals surface area contributed by atoms with Crippen molar-refractivity contribution < 1.29 is 0 Å². The van der Waals surface area contributed by atoms with Gasteiger partial charge in [0.05, 0.1) is 5.52 Å². The highest BCUT2D eigenvalue weighted by Crippen LogP contribution is 2.31. The number of unbranched alkanes of at least 4 members (excludes halogenated alkanes) is 3. The lowest BCUT2D eigenvalue weighted by Gasteiger charge is -2.32. The number of nitrogens with zero attached hydrogens (tertiary/aromatic N) is 3. The first-order valence-electron chi connectivity index (χ1n) is 9.08. The van der Waals surface area contributed by atoms with E-state index < -0.39 is 8.24 Å². The second-order valence-electron chi connectivity index (χ2n) is 6.52. The molecule has 0 radical (unpaired) electrons. The second kappa shape index (κ2) is 8.46. The summed E-state index contributed by atoms with van der Waals surface area (Å²) in [5.74, 6) is 0. The Labute approximate surface area is 136 Å². The lowest BCUT2D eigenvalue weighted by atomic mass is 10.3. The van der Waals surface area contributed by atoms with Crippen LogP contribution in [0.25, 0.3) is 11.0 Å². The summed E-state index contributed by atoms with van der Waals surface area (Å²) in [4.78, 5) is 0. The molecular formula is C18H31N3Si. The van der Waals surface area contributed by atoms with Gasteiger partial charge in [0.15, 0.2) is 8.24 Å². The van der Waals surface area contributed by atoms with Crippen molar-refractivity contribution in [2.75, 3.05) is 0 Å². The molecule has 0 saturated carbocycles. The number of benzene rings is 1. The van der Waals surface area contributed by atoms with Gasteiger partial charge in [-0.3, -0.25) is 4.35 Å². The Morgan fingerprint density at radius 1 is 0.864 bits per heavy atom. The van der Waals surface area contributed by atoms with E-state index in [1.165, 1.54) is 62.2 Å². The quantitative estimate of drug-likeness (QED) is 0.532. The van der Waals surface area contributed by atoms with E-state index in [1.54, 1.807) is 0 Å². The van der Waals surface area contributed by atoms with Crippen molar-refractivity contribution in [1.29, 1.82) is 0 Å². The van der Waals surface area contributed by atoms with Crippen LogP contribution >= 0.6 is 0 Å². The third-order valence-corrected chi connectivity index (χ3v) is 9.87. The summed E-state index contributed by atoms with van der Waals surface area (Å²) in [6, 6.07) is 12.6. The average molecular weight is 318 g/mol. The van der Waals surface area contributed by atoms with Crippen LogP contribution in [0.1, 0.15) is 59.3 Å². The van der Waals surface area contributed by atoms with Crippen LogP contribution in [0.3, 0.4) is 0 Å². The van der Waals surface area contributed by atoms with E-state index in [1.807, 2.05) is 0 Å². The Morgan fingerprint density at radius 2 is 1.41 bits per heavy atom. The molecule has 0 saturated heterocycles. The molecule has 1 aromatic heterocycles. The van der Waals surface area contributed by atoms with Crippen LogP contribution in [0.15, 0.2) is 24.3 Å². The normalized spacial score (nSPS) is 12.1.